The number of para-hydroxylation sites is 1. The van der Waals surface area contributed by atoms with E-state index in [0.717, 1.165) is 22.4 Å². The van der Waals surface area contributed by atoms with Crippen LogP contribution < -0.4 is 4.90 Å². The van der Waals surface area contributed by atoms with Gasteiger partial charge in [-0.3, -0.25) is 9.59 Å². The minimum atomic E-state index is -0.424. The van der Waals surface area contributed by atoms with E-state index in [0.29, 0.717) is 6.54 Å². The van der Waals surface area contributed by atoms with Gasteiger partial charge in [0.25, 0.3) is 0 Å². The van der Waals surface area contributed by atoms with Gasteiger partial charge >= 0.3 is 0 Å². The molecule has 0 N–H and O–H groups in total. The van der Waals surface area contributed by atoms with E-state index in [1.807, 2.05) is 69.3 Å². The van der Waals surface area contributed by atoms with Crippen LogP contribution in [0.5, 0.6) is 0 Å². The molecule has 3 rings (SSSR count). The van der Waals surface area contributed by atoms with E-state index in [2.05, 4.69) is 11.8 Å². The van der Waals surface area contributed by atoms with Gasteiger partial charge in [-0.15, -0.1) is 0 Å². The first-order valence-electron chi connectivity index (χ1n) is 8.89. The summed E-state index contributed by atoms with van der Waals surface area (Å²) in [6, 6.07) is 15.6. The molecule has 1 amide bonds. The molecule has 0 aromatic heterocycles. The van der Waals surface area contributed by atoms with Gasteiger partial charge < -0.3 is 4.90 Å². The molecule has 1 aliphatic rings. The number of carbonyl (C=O) groups excluding carboxylic acids is 2. The van der Waals surface area contributed by atoms with Crippen LogP contribution in [0.2, 0.25) is 0 Å². The monoisotopic (exact) mass is 345 g/mol. The number of amides is 1. The summed E-state index contributed by atoms with van der Waals surface area (Å²) in [5.74, 6) is 6.45. The molecule has 0 saturated carbocycles. The summed E-state index contributed by atoms with van der Waals surface area (Å²) < 4.78 is 0. The molecule has 0 spiro atoms. The number of nitrogens with zero attached hydrogens (tertiary/aromatic N) is 1. The Morgan fingerprint density at radius 2 is 1.54 bits per heavy atom. The third-order valence-corrected chi connectivity index (χ3v) is 4.58. The number of fused-ring (bicyclic) bond motifs is 2. The molecular formula is C23H23NO2. The molecule has 0 saturated heterocycles. The van der Waals surface area contributed by atoms with E-state index in [1.54, 1.807) is 4.90 Å². The molecule has 3 heteroatoms. The predicted molar refractivity (Wildman–Crippen MR) is 104 cm³/mol. The Bertz CT molecular complexity index is 910. The molecule has 0 atom stereocenters. The van der Waals surface area contributed by atoms with E-state index in [-0.39, 0.29) is 24.5 Å². The maximum Gasteiger partial charge on any atom is 0.227 e. The molecule has 132 valence electrons. The maximum atomic E-state index is 13.0. The number of hydrogen-bond acceptors (Lipinski definition) is 2. The minimum absolute atomic E-state index is 0.0476. The summed E-state index contributed by atoms with van der Waals surface area (Å²) in [5, 5.41) is 0. The molecule has 0 unspecified atom stereocenters. The lowest BCUT2D eigenvalue weighted by molar-refractivity contribution is -0.129. The number of carbonyl (C=O) groups is 2. The molecular weight excluding hydrogens is 322 g/mol. The second-order valence-electron chi connectivity index (χ2n) is 7.58. The standard InChI is InChI=1S/C23H23NO2/c1-23(2,3)21(25)14-15-22(26)24-16-19-10-5-4-8-17(19)12-13-18-9-6-7-11-20(18)24/h4-11H,14-16H2,1-3H3. The summed E-state index contributed by atoms with van der Waals surface area (Å²) in [5.41, 5.74) is 3.17. The van der Waals surface area contributed by atoms with Gasteiger partial charge in [0, 0.05) is 29.4 Å². The Labute approximate surface area is 155 Å². The number of anilines is 1. The van der Waals surface area contributed by atoms with Crippen molar-refractivity contribution < 1.29 is 9.59 Å². The van der Waals surface area contributed by atoms with Crippen molar-refractivity contribution >= 4 is 17.4 Å². The van der Waals surface area contributed by atoms with Crippen LogP contribution in [0.4, 0.5) is 5.69 Å². The van der Waals surface area contributed by atoms with E-state index in [1.165, 1.54) is 0 Å². The van der Waals surface area contributed by atoms with Crippen molar-refractivity contribution in [3.63, 3.8) is 0 Å². The van der Waals surface area contributed by atoms with Crippen LogP contribution in [0.25, 0.3) is 0 Å². The van der Waals surface area contributed by atoms with E-state index < -0.39 is 5.41 Å². The van der Waals surface area contributed by atoms with E-state index >= 15 is 0 Å². The fraction of sp³-hybridized carbons (Fsp3) is 0.304. The van der Waals surface area contributed by atoms with Crippen LogP contribution in [-0.2, 0) is 16.1 Å². The first kappa shape index (κ1) is 17.9. The van der Waals surface area contributed by atoms with Gasteiger partial charge in [-0.05, 0) is 23.8 Å². The third kappa shape index (κ3) is 3.86. The molecule has 1 heterocycles. The summed E-state index contributed by atoms with van der Waals surface area (Å²) in [4.78, 5) is 27.0. The van der Waals surface area contributed by atoms with Gasteiger partial charge in [0.2, 0.25) is 5.91 Å². The van der Waals surface area contributed by atoms with Crippen molar-refractivity contribution in [1.82, 2.24) is 0 Å². The number of hydrogen-bond donors (Lipinski definition) is 0. The first-order chi connectivity index (χ1) is 12.4. The number of Topliss-reactive ketones (excluding diaryl/α,β-unsaturated/α-hetero) is 1. The highest BCUT2D eigenvalue weighted by Crippen LogP contribution is 2.27. The smallest absolute Gasteiger partial charge is 0.227 e. The summed E-state index contributed by atoms with van der Waals surface area (Å²) in [6.07, 6.45) is 0.467. The fourth-order valence-corrected chi connectivity index (χ4v) is 2.94. The van der Waals surface area contributed by atoms with Gasteiger partial charge in [0.15, 0.2) is 0 Å². The first-order valence-corrected chi connectivity index (χ1v) is 8.89. The van der Waals surface area contributed by atoms with Crippen molar-refractivity contribution in [1.29, 1.82) is 0 Å². The number of ketones is 1. The predicted octanol–water partition coefficient (Wildman–Crippen LogP) is 4.33. The number of rotatable bonds is 3. The zero-order chi connectivity index (χ0) is 18.7. The fourth-order valence-electron chi connectivity index (χ4n) is 2.94. The van der Waals surface area contributed by atoms with Crippen molar-refractivity contribution in [2.24, 2.45) is 5.41 Å². The second kappa shape index (κ2) is 7.17. The van der Waals surface area contributed by atoms with Crippen LogP contribution in [0, 0.1) is 17.3 Å². The highest BCUT2D eigenvalue weighted by atomic mass is 16.2. The molecule has 1 aliphatic heterocycles. The molecule has 0 bridgehead atoms. The second-order valence-corrected chi connectivity index (χ2v) is 7.58. The summed E-state index contributed by atoms with van der Waals surface area (Å²) in [7, 11) is 0. The zero-order valence-corrected chi connectivity index (χ0v) is 15.5. The molecule has 2 aromatic rings. The van der Waals surface area contributed by atoms with Gasteiger partial charge in [-0.25, -0.2) is 0 Å². The molecule has 2 aromatic carbocycles. The van der Waals surface area contributed by atoms with Gasteiger partial charge in [-0.1, -0.05) is 62.9 Å². The zero-order valence-electron chi connectivity index (χ0n) is 15.5. The topological polar surface area (TPSA) is 37.4 Å². The summed E-state index contributed by atoms with van der Waals surface area (Å²) in [6.45, 7) is 6.12. The average Bonchev–Trinajstić information content (AvgIpc) is 2.60. The quantitative estimate of drug-likeness (QED) is 0.777. The molecule has 26 heavy (non-hydrogen) atoms. The van der Waals surface area contributed by atoms with Crippen molar-refractivity contribution in [2.75, 3.05) is 4.90 Å². The van der Waals surface area contributed by atoms with E-state index in [9.17, 15) is 9.59 Å². The third-order valence-electron chi connectivity index (χ3n) is 4.58. The molecule has 3 nitrogen and oxygen atoms in total. The average molecular weight is 345 g/mol. The molecule has 0 radical (unpaired) electrons. The van der Waals surface area contributed by atoms with Crippen LogP contribution in [0.15, 0.2) is 48.5 Å². The molecule has 0 fully saturated rings. The van der Waals surface area contributed by atoms with Crippen LogP contribution in [0.3, 0.4) is 0 Å². The Morgan fingerprint density at radius 1 is 0.923 bits per heavy atom. The number of benzene rings is 2. The lowest BCUT2D eigenvalue weighted by atomic mass is 9.88. The van der Waals surface area contributed by atoms with Crippen LogP contribution >= 0.6 is 0 Å². The lowest BCUT2D eigenvalue weighted by Crippen LogP contribution is -2.33. The lowest BCUT2D eigenvalue weighted by Gasteiger charge is -2.26. The normalized spacial score (nSPS) is 12.8. The minimum Gasteiger partial charge on any atom is -0.307 e. The SMILES string of the molecule is CC(C)(C)C(=O)CCC(=O)N1Cc2ccccc2C#Cc2ccccc21. The largest absolute Gasteiger partial charge is 0.307 e. The van der Waals surface area contributed by atoms with Crippen molar-refractivity contribution in [2.45, 2.75) is 40.2 Å². The highest BCUT2D eigenvalue weighted by molar-refractivity contribution is 5.97. The Balaban J connectivity index is 1.92. The van der Waals surface area contributed by atoms with Crippen LogP contribution in [-0.4, -0.2) is 11.7 Å². The van der Waals surface area contributed by atoms with Gasteiger partial charge in [0.05, 0.1) is 12.2 Å². The Hall–Kier alpha value is -2.86. The van der Waals surface area contributed by atoms with Gasteiger partial charge in [0.1, 0.15) is 5.78 Å². The Kier molecular flexibility index (Phi) is 4.95. The molecule has 0 aliphatic carbocycles. The van der Waals surface area contributed by atoms with Crippen LogP contribution in [0.1, 0.15) is 50.3 Å². The highest BCUT2D eigenvalue weighted by Gasteiger charge is 2.25. The maximum absolute atomic E-state index is 13.0. The van der Waals surface area contributed by atoms with Crippen molar-refractivity contribution in [3.8, 4) is 11.8 Å². The van der Waals surface area contributed by atoms with Gasteiger partial charge in [-0.2, -0.15) is 0 Å². The van der Waals surface area contributed by atoms with E-state index in [4.69, 9.17) is 0 Å². The Morgan fingerprint density at radius 3 is 2.27 bits per heavy atom. The summed E-state index contributed by atoms with van der Waals surface area (Å²) >= 11 is 0. The van der Waals surface area contributed by atoms with Crippen molar-refractivity contribution in [3.05, 3.63) is 65.2 Å².